The Morgan fingerprint density at radius 2 is 2.16 bits per heavy atom. The van der Waals surface area contributed by atoms with E-state index in [0.717, 1.165) is 37.1 Å². The summed E-state index contributed by atoms with van der Waals surface area (Å²) in [4.78, 5) is 1.06. The van der Waals surface area contributed by atoms with Gasteiger partial charge in [-0.15, -0.1) is 11.3 Å². The topological polar surface area (TPSA) is 49.4 Å². The van der Waals surface area contributed by atoms with Crippen LogP contribution in [0.1, 0.15) is 37.5 Å². The Hall–Kier alpha value is -0.430. The van der Waals surface area contributed by atoms with Gasteiger partial charge in [0.2, 0.25) is 0 Å². The molecule has 0 bridgehead atoms. The third-order valence-electron chi connectivity index (χ3n) is 3.54. The molecular formula is C13H22N2O2S2. The zero-order valence-electron chi connectivity index (χ0n) is 11.6. The van der Waals surface area contributed by atoms with Crippen molar-refractivity contribution in [2.45, 2.75) is 49.4 Å². The summed E-state index contributed by atoms with van der Waals surface area (Å²) in [5.74, 6) is 0. The van der Waals surface area contributed by atoms with Crippen LogP contribution in [0.4, 0.5) is 0 Å². The number of sulfonamides is 1. The highest BCUT2D eigenvalue weighted by Crippen LogP contribution is 2.29. The zero-order valence-corrected chi connectivity index (χ0v) is 13.2. The molecule has 0 radical (unpaired) electrons. The Morgan fingerprint density at radius 3 is 2.89 bits per heavy atom. The first kappa shape index (κ1) is 15.0. The van der Waals surface area contributed by atoms with Crippen LogP contribution < -0.4 is 5.32 Å². The van der Waals surface area contributed by atoms with Crippen molar-refractivity contribution in [1.82, 2.24) is 9.62 Å². The van der Waals surface area contributed by atoms with Gasteiger partial charge in [0.1, 0.15) is 4.21 Å². The van der Waals surface area contributed by atoms with Crippen molar-refractivity contribution < 1.29 is 8.42 Å². The molecule has 0 aromatic carbocycles. The highest BCUT2D eigenvalue weighted by Gasteiger charge is 2.30. The van der Waals surface area contributed by atoms with Gasteiger partial charge < -0.3 is 5.32 Å². The van der Waals surface area contributed by atoms with Gasteiger partial charge in [-0.2, -0.15) is 4.31 Å². The highest BCUT2D eigenvalue weighted by molar-refractivity contribution is 7.91. The van der Waals surface area contributed by atoms with Crippen LogP contribution in [0.2, 0.25) is 0 Å². The second-order valence-electron chi connectivity index (χ2n) is 5.07. The fraction of sp³-hybridized carbons (Fsp3) is 0.692. The normalized spacial score (nSPS) is 22.3. The first-order valence-corrected chi connectivity index (χ1v) is 9.06. The molecule has 1 unspecified atom stereocenters. The Morgan fingerprint density at radius 1 is 1.37 bits per heavy atom. The average molecular weight is 302 g/mol. The SMILES string of the molecule is CNCc1ccc(S(=O)(=O)N2CCCCCC2C)s1. The molecule has 108 valence electrons. The molecule has 1 N–H and O–H groups in total. The predicted octanol–water partition coefficient (Wildman–Crippen LogP) is 2.42. The van der Waals surface area contributed by atoms with Gasteiger partial charge in [-0.05, 0) is 38.9 Å². The molecule has 1 aromatic rings. The maximum absolute atomic E-state index is 12.7. The molecule has 0 amide bonds. The molecular weight excluding hydrogens is 280 g/mol. The lowest BCUT2D eigenvalue weighted by Crippen LogP contribution is -2.37. The molecule has 1 aliphatic rings. The standard InChI is InChI=1S/C13H22N2O2S2/c1-11-6-4-3-5-9-15(11)19(16,17)13-8-7-12(18-13)10-14-2/h7-8,11,14H,3-6,9-10H2,1-2H3. The van der Waals surface area contributed by atoms with Crippen LogP contribution in [0.5, 0.6) is 0 Å². The number of thiophene rings is 1. The molecule has 1 aliphatic heterocycles. The molecule has 1 aromatic heterocycles. The first-order chi connectivity index (χ1) is 9.05. The van der Waals surface area contributed by atoms with Gasteiger partial charge in [0.25, 0.3) is 10.0 Å². The van der Waals surface area contributed by atoms with E-state index in [0.29, 0.717) is 10.8 Å². The fourth-order valence-corrected chi connectivity index (χ4v) is 5.68. The lowest BCUT2D eigenvalue weighted by Gasteiger charge is -2.25. The second-order valence-corrected chi connectivity index (χ2v) is 8.35. The van der Waals surface area contributed by atoms with Crippen LogP contribution in [0.3, 0.4) is 0 Å². The van der Waals surface area contributed by atoms with E-state index >= 15 is 0 Å². The van der Waals surface area contributed by atoms with E-state index in [1.165, 1.54) is 11.3 Å². The predicted molar refractivity (Wildman–Crippen MR) is 78.9 cm³/mol. The van der Waals surface area contributed by atoms with Crippen molar-refractivity contribution in [3.8, 4) is 0 Å². The highest BCUT2D eigenvalue weighted by atomic mass is 32.2. The Bertz CT molecular complexity index is 510. The molecule has 1 fully saturated rings. The van der Waals surface area contributed by atoms with Crippen molar-refractivity contribution in [3.05, 3.63) is 17.0 Å². The maximum Gasteiger partial charge on any atom is 0.252 e. The molecule has 0 spiro atoms. The van der Waals surface area contributed by atoms with Gasteiger partial charge in [-0.1, -0.05) is 12.8 Å². The van der Waals surface area contributed by atoms with Crippen LogP contribution in [0.15, 0.2) is 16.3 Å². The molecule has 2 rings (SSSR count). The summed E-state index contributed by atoms with van der Waals surface area (Å²) in [6, 6.07) is 3.75. The molecule has 6 heteroatoms. The summed E-state index contributed by atoms with van der Waals surface area (Å²) in [5.41, 5.74) is 0. The van der Waals surface area contributed by atoms with E-state index in [4.69, 9.17) is 0 Å². The van der Waals surface area contributed by atoms with Crippen molar-refractivity contribution in [2.24, 2.45) is 0 Å². The molecule has 1 atom stereocenters. The van der Waals surface area contributed by atoms with Crippen LogP contribution in [-0.2, 0) is 16.6 Å². The van der Waals surface area contributed by atoms with Gasteiger partial charge in [0, 0.05) is 24.0 Å². The monoisotopic (exact) mass is 302 g/mol. The van der Waals surface area contributed by atoms with E-state index in [9.17, 15) is 8.42 Å². The van der Waals surface area contributed by atoms with Gasteiger partial charge in [0.15, 0.2) is 0 Å². The minimum absolute atomic E-state index is 0.113. The van der Waals surface area contributed by atoms with Crippen LogP contribution in [0.25, 0.3) is 0 Å². The quantitative estimate of drug-likeness (QED) is 0.929. The number of hydrogen-bond donors (Lipinski definition) is 1. The summed E-state index contributed by atoms with van der Waals surface area (Å²) >= 11 is 1.37. The minimum atomic E-state index is -3.31. The fourth-order valence-electron chi connectivity index (χ4n) is 2.49. The second kappa shape index (κ2) is 6.35. The van der Waals surface area contributed by atoms with E-state index in [1.807, 2.05) is 20.0 Å². The molecule has 2 heterocycles. The molecule has 19 heavy (non-hydrogen) atoms. The third kappa shape index (κ3) is 3.37. The Labute approximate surface area is 119 Å². The molecule has 1 saturated heterocycles. The zero-order chi connectivity index (χ0) is 13.9. The van der Waals surface area contributed by atoms with Crippen LogP contribution in [-0.4, -0.2) is 32.4 Å². The van der Waals surface area contributed by atoms with E-state index in [1.54, 1.807) is 10.4 Å². The van der Waals surface area contributed by atoms with Crippen molar-refractivity contribution in [2.75, 3.05) is 13.6 Å². The maximum atomic E-state index is 12.7. The lowest BCUT2D eigenvalue weighted by atomic mass is 10.1. The first-order valence-electron chi connectivity index (χ1n) is 6.81. The van der Waals surface area contributed by atoms with Gasteiger partial charge >= 0.3 is 0 Å². The minimum Gasteiger partial charge on any atom is -0.315 e. The third-order valence-corrected chi connectivity index (χ3v) is 7.11. The molecule has 4 nitrogen and oxygen atoms in total. The van der Waals surface area contributed by atoms with Crippen molar-refractivity contribution >= 4 is 21.4 Å². The summed E-state index contributed by atoms with van der Waals surface area (Å²) in [6.45, 7) is 3.39. The Balaban J connectivity index is 2.24. The summed E-state index contributed by atoms with van der Waals surface area (Å²) < 4.78 is 27.5. The Kier molecular flexibility index (Phi) is 5.00. The summed E-state index contributed by atoms with van der Waals surface area (Å²) in [5, 5.41) is 3.05. The van der Waals surface area contributed by atoms with Gasteiger partial charge in [-0.3, -0.25) is 0 Å². The summed E-state index contributed by atoms with van der Waals surface area (Å²) in [6.07, 6.45) is 4.20. The average Bonchev–Trinajstić information content (AvgIpc) is 2.72. The number of nitrogens with zero attached hydrogens (tertiary/aromatic N) is 1. The van der Waals surface area contributed by atoms with E-state index < -0.39 is 10.0 Å². The number of hydrogen-bond acceptors (Lipinski definition) is 4. The van der Waals surface area contributed by atoms with Crippen molar-refractivity contribution in [3.63, 3.8) is 0 Å². The van der Waals surface area contributed by atoms with Crippen LogP contribution >= 0.6 is 11.3 Å². The largest absolute Gasteiger partial charge is 0.315 e. The number of rotatable bonds is 4. The van der Waals surface area contributed by atoms with E-state index in [2.05, 4.69) is 5.32 Å². The summed E-state index contributed by atoms with van der Waals surface area (Å²) in [7, 11) is -1.44. The van der Waals surface area contributed by atoms with E-state index in [-0.39, 0.29) is 6.04 Å². The molecule has 0 saturated carbocycles. The van der Waals surface area contributed by atoms with Crippen LogP contribution in [0, 0.1) is 0 Å². The van der Waals surface area contributed by atoms with Crippen molar-refractivity contribution in [1.29, 1.82) is 0 Å². The van der Waals surface area contributed by atoms with Gasteiger partial charge in [-0.25, -0.2) is 8.42 Å². The van der Waals surface area contributed by atoms with Gasteiger partial charge in [0.05, 0.1) is 0 Å². The lowest BCUT2D eigenvalue weighted by molar-refractivity contribution is 0.343. The number of nitrogens with one attached hydrogen (secondary N) is 1. The smallest absolute Gasteiger partial charge is 0.252 e. The molecule has 0 aliphatic carbocycles.